The Labute approximate surface area is 203 Å². The predicted molar refractivity (Wildman–Crippen MR) is 133 cm³/mol. The average Bonchev–Trinajstić information content (AvgIpc) is 2.91. The Hall–Kier alpha value is -3.97. The highest BCUT2D eigenvalue weighted by atomic mass is 19.1. The van der Waals surface area contributed by atoms with E-state index in [1.807, 2.05) is 6.07 Å². The van der Waals surface area contributed by atoms with Crippen LogP contribution in [0.2, 0.25) is 0 Å². The minimum absolute atomic E-state index is 0.125. The fraction of sp³-hybridized carbons (Fsp3) is 0.214. The van der Waals surface area contributed by atoms with Crippen molar-refractivity contribution in [1.82, 2.24) is 25.2 Å². The Kier molecular flexibility index (Phi) is 6.86. The van der Waals surface area contributed by atoms with Crippen molar-refractivity contribution < 1.29 is 9.18 Å². The number of amides is 1. The van der Waals surface area contributed by atoms with Gasteiger partial charge in [0.1, 0.15) is 5.82 Å². The summed E-state index contributed by atoms with van der Waals surface area (Å²) < 4.78 is 13.5. The van der Waals surface area contributed by atoms with Gasteiger partial charge in [-0.1, -0.05) is 36.4 Å². The van der Waals surface area contributed by atoms with Crippen molar-refractivity contribution >= 4 is 5.91 Å². The van der Waals surface area contributed by atoms with Crippen LogP contribution in [0.25, 0.3) is 22.6 Å². The third-order valence-corrected chi connectivity index (χ3v) is 6.25. The lowest BCUT2D eigenvalue weighted by Gasteiger charge is -2.32. The molecule has 0 atom stereocenters. The first-order valence-electron chi connectivity index (χ1n) is 11.8. The zero-order valence-corrected chi connectivity index (χ0v) is 19.3. The molecular weight excluding hydrogens is 441 g/mol. The number of rotatable bonds is 6. The highest BCUT2D eigenvalue weighted by Crippen LogP contribution is 2.20. The van der Waals surface area contributed by atoms with Gasteiger partial charge < -0.3 is 5.32 Å². The van der Waals surface area contributed by atoms with Crippen LogP contribution < -0.4 is 5.32 Å². The van der Waals surface area contributed by atoms with Crippen LogP contribution in [-0.2, 0) is 6.54 Å². The first kappa shape index (κ1) is 22.8. The van der Waals surface area contributed by atoms with Gasteiger partial charge in [-0.25, -0.2) is 14.4 Å². The average molecular weight is 468 g/mol. The molecule has 2 aromatic carbocycles. The van der Waals surface area contributed by atoms with Crippen LogP contribution in [0.4, 0.5) is 4.39 Å². The molecule has 1 N–H and O–H groups in total. The van der Waals surface area contributed by atoms with Crippen LogP contribution in [0.3, 0.4) is 0 Å². The highest BCUT2D eigenvalue weighted by molar-refractivity contribution is 5.94. The number of pyridine rings is 1. The Morgan fingerprint density at radius 3 is 2.37 bits per heavy atom. The molecule has 0 bridgehead atoms. The molecule has 1 aliphatic rings. The van der Waals surface area contributed by atoms with Crippen LogP contribution in [0, 0.1) is 5.82 Å². The van der Waals surface area contributed by atoms with Crippen LogP contribution in [0.1, 0.15) is 28.8 Å². The van der Waals surface area contributed by atoms with Crippen LogP contribution in [-0.4, -0.2) is 44.9 Å². The molecule has 4 aromatic rings. The molecule has 1 fully saturated rings. The van der Waals surface area contributed by atoms with Crippen LogP contribution >= 0.6 is 0 Å². The maximum atomic E-state index is 13.5. The summed E-state index contributed by atoms with van der Waals surface area (Å²) in [4.78, 5) is 28.0. The molecule has 0 radical (unpaired) electrons. The van der Waals surface area contributed by atoms with Gasteiger partial charge in [0.05, 0.1) is 11.3 Å². The minimum atomic E-state index is -0.309. The molecule has 1 aliphatic heterocycles. The first-order chi connectivity index (χ1) is 17.1. The number of nitrogens with one attached hydrogen (secondary N) is 1. The van der Waals surface area contributed by atoms with E-state index < -0.39 is 0 Å². The second kappa shape index (κ2) is 10.5. The Bertz CT molecular complexity index is 1270. The van der Waals surface area contributed by atoms with Crippen molar-refractivity contribution in [3.8, 4) is 22.6 Å². The molecular formula is C28H26FN5O. The number of piperidine rings is 1. The number of hydrogen-bond acceptors (Lipinski definition) is 5. The zero-order chi connectivity index (χ0) is 24.0. The molecule has 0 spiro atoms. The number of benzene rings is 2. The molecule has 6 nitrogen and oxygen atoms in total. The number of carbonyl (C=O) groups excluding carboxylic acids is 1. The lowest BCUT2D eigenvalue weighted by atomic mass is 10.0. The SMILES string of the molecule is O=C(NC1CCN(Cc2ccc(-c3ncccn3)cc2)CC1)c1ccc(-c2cccc(F)c2)nc1. The number of aromatic nitrogens is 3. The van der Waals surface area contributed by atoms with Gasteiger partial charge in [-0.05, 0) is 48.7 Å². The van der Waals surface area contributed by atoms with Gasteiger partial charge in [0.25, 0.3) is 5.91 Å². The molecule has 1 saturated heterocycles. The molecule has 0 aliphatic carbocycles. The van der Waals surface area contributed by atoms with Crippen molar-refractivity contribution in [2.24, 2.45) is 0 Å². The molecule has 5 rings (SSSR count). The Balaban J connectivity index is 1.11. The number of halogens is 1. The lowest BCUT2D eigenvalue weighted by molar-refractivity contribution is 0.0908. The van der Waals surface area contributed by atoms with E-state index in [2.05, 4.69) is 49.4 Å². The highest BCUT2D eigenvalue weighted by Gasteiger charge is 2.21. The monoisotopic (exact) mass is 467 g/mol. The molecule has 0 saturated carbocycles. The summed E-state index contributed by atoms with van der Waals surface area (Å²) in [5, 5.41) is 3.13. The maximum Gasteiger partial charge on any atom is 0.253 e. The number of hydrogen-bond donors (Lipinski definition) is 1. The van der Waals surface area contributed by atoms with Gasteiger partial charge in [-0.15, -0.1) is 0 Å². The number of likely N-dealkylation sites (tertiary alicyclic amines) is 1. The van der Waals surface area contributed by atoms with Crippen LogP contribution in [0.5, 0.6) is 0 Å². The predicted octanol–water partition coefficient (Wildman–Crippen LogP) is 4.74. The summed E-state index contributed by atoms with van der Waals surface area (Å²) in [5.41, 5.74) is 4.09. The quantitative estimate of drug-likeness (QED) is 0.444. The van der Waals surface area contributed by atoms with Crippen molar-refractivity contribution in [1.29, 1.82) is 0 Å². The standard InChI is InChI=1S/C28H26FN5O/c29-24-4-1-3-22(17-24)26-10-9-23(18-32-26)28(35)33-25-11-15-34(16-12-25)19-20-5-7-21(8-6-20)27-30-13-2-14-31-27/h1-10,13-14,17-18,25H,11-12,15-16,19H2,(H,33,35). The van der Waals surface area contributed by atoms with E-state index in [0.29, 0.717) is 16.8 Å². The normalized spacial score (nSPS) is 14.5. The van der Waals surface area contributed by atoms with E-state index in [0.717, 1.165) is 43.9 Å². The fourth-order valence-corrected chi connectivity index (χ4v) is 4.32. The topological polar surface area (TPSA) is 71.0 Å². The van der Waals surface area contributed by atoms with E-state index >= 15 is 0 Å². The van der Waals surface area contributed by atoms with Crippen molar-refractivity contribution in [2.45, 2.75) is 25.4 Å². The van der Waals surface area contributed by atoms with Crippen LogP contribution in [0.15, 0.2) is 85.3 Å². The summed E-state index contributed by atoms with van der Waals surface area (Å²) in [6.07, 6.45) is 6.84. The smallest absolute Gasteiger partial charge is 0.253 e. The second-order valence-electron chi connectivity index (χ2n) is 8.74. The molecule has 7 heteroatoms. The van der Waals surface area contributed by atoms with Gasteiger partial charge >= 0.3 is 0 Å². The summed E-state index contributed by atoms with van der Waals surface area (Å²) in [7, 11) is 0. The Morgan fingerprint density at radius 1 is 0.914 bits per heavy atom. The fourth-order valence-electron chi connectivity index (χ4n) is 4.32. The third kappa shape index (κ3) is 5.75. The minimum Gasteiger partial charge on any atom is -0.349 e. The number of nitrogens with zero attached hydrogens (tertiary/aromatic N) is 4. The largest absolute Gasteiger partial charge is 0.349 e. The summed E-state index contributed by atoms with van der Waals surface area (Å²) in [6.45, 7) is 2.72. The summed E-state index contributed by atoms with van der Waals surface area (Å²) >= 11 is 0. The molecule has 176 valence electrons. The molecule has 3 heterocycles. The van der Waals surface area contributed by atoms with Gasteiger partial charge in [0, 0.05) is 55.4 Å². The van der Waals surface area contributed by atoms with Gasteiger partial charge in [0.2, 0.25) is 0 Å². The van der Waals surface area contributed by atoms with E-state index in [4.69, 9.17) is 0 Å². The van der Waals surface area contributed by atoms with Crippen molar-refractivity contribution in [3.63, 3.8) is 0 Å². The molecule has 2 aromatic heterocycles. The van der Waals surface area contributed by atoms with E-state index in [1.165, 1.54) is 17.7 Å². The summed E-state index contributed by atoms with van der Waals surface area (Å²) in [5.74, 6) is 0.297. The third-order valence-electron chi connectivity index (χ3n) is 6.25. The number of carbonyl (C=O) groups is 1. The molecule has 1 amide bonds. The summed E-state index contributed by atoms with van der Waals surface area (Å²) in [6, 6.07) is 20.1. The maximum absolute atomic E-state index is 13.5. The Morgan fingerprint density at radius 2 is 1.69 bits per heavy atom. The molecule has 35 heavy (non-hydrogen) atoms. The van der Waals surface area contributed by atoms with E-state index in [9.17, 15) is 9.18 Å². The van der Waals surface area contributed by atoms with Crippen molar-refractivity contribution in [2.75, 3.05) is 13.1 Å². The first-order valence-corrected chi connectivity index (χ1v) is 11.8. The van der Waals surface area contributed by atoms with E-state index in [1.54, 1.807) is 42.9 Å². The van der Waals surface area contributed by atoms with Crippen molar-refractivity contribution in [3.05, 3.63) is 102 Å². The van der Waals surface area contributed by atoms with E-state index in [-0.39, 0.29) is 17.8 Å². The van der Waals surface area contributed by atoms with Gasteiger partial charge in [-0.3, -0.25) is 14.7 Å². The lowest BCUT2D eigenvalue weighted by Crippen LogP contribution is -2.44. The zero-order valence-electron chi connectivity index (χ0n) is 19.3. The van der Waals surface area contributed by atoms with Gasteiger partial charge in [0.15, 0.2) is 5.82 Å². The van der Waals surface area contributed by atoms with Gasteiger partial charge in [-0.2, -0.15) is 0 Å². The molecule has 0 unspecified atom stereocenters. The second-order valence-corrected chi connectivity index (χ2v) is 8.74.